The molecular formula is C13H23N3OS. The van der Waals surface area contributed by atoms with E-state index in [0.717, 1.165) is 42.4 Å². The molecule has 1 saturated heterocycles. The van der Waals surface area contributed by atoms with Gasteiger partial charge in [0.1, 0.15) is 10.0 Å². The lowest BCUT2D eigenvalue weighted by Gasteiger charge is -2.05. The van der Waals surface area contributed by atoms with Gasteiger partial charge < -0.3 is 10.1 Å². The summed E-state index contributed by atoms with van der Waals surface area (Å²) in [5, 5.41) is 14.3. The molecule has 0 aliphatic carbocycles. The van der Waals surface area contributed by atoms with E-state index in [1.807, 2.05) is 0 Å². The SMILES string of the molecule is CC(C)NCCCc1nnc(C2COC(C)C2)s1. The van der Waals surface area contributed by atoms with Crippen molar-refractivity contribution in [2.75, 3.05) is 13.2 Å². The molecule has 0 aromatic carbocycles. The van der Waals surface area contributed by atoms with Crippen molar-refractivity contribution >= 4 is 11.3 Å². The van der Waals surface area contributed by atoms with E-state index in [2.05, 4.69) is 36.3 Å². The Hall–Kier alpha value is -0.520. The van der Waals surface area contributed by atoms with E-state index in [0.29, 0.717) is 18.1 Å². The van der Waals surface area contributed by atoms with Crippen LogP contribution < -0.4 is 5.32 Å². The van der Waals surface area contributed by atoms with Gasteiger partial charge in [0.25, 0.3) is 0 Å². The Kier molecular flexibility index (Phi) is 5.09. The molecular weight excluding hydrogens is 246 g/mol. The summed E-state index contributed by atoms with van der Waals surface area (Å²) in [4.78, 5) is 0. The summed E-state index contributed by atoms with van der Waals surface area (Å²) in [5.41, 5.74) is 0. The standard InChI is InChI=1S/C13H23N3OS/c1-9(2)14-6-4-5-12-15-16-13(18-12)11-7-10(3)17-8-11/h9-11,14H,4-8H2,1-3H3. The average molecular weight is 269 g/mol. The van der Waals surface area contributed by atoms with Gasteiger partial charge >= 0.3 is 0 Å². The van der Waals surface area contributed by atoms with Crippen molar-refractivity contribution in [3.8, 4) is 0 Å². The molecule has 0 amide bonds. The van der Waals surface area contributed by atoms with Crippen molar-refractivity contribution in [2.24, 2.45) is 0 Å². The van der Waals surface area contributed by atoms with Crippen LogP contribution in [0.5, 0.6) is 0 Å². The van der Waals surface area contributed by atoms with Crippen LogP contribution in [0.1, 0.15) is 49.5 Å². The first-order chi connectivity index (χ1) is 8.65. The monoisotopic (exact) mass is 269 g/mol. The second-order valence-corrected chi connectivity index (χ2v) is 6.42. The van der Waals surface area contributed by atoms with E-state index in [-0.39, 0.29) is 0 Å². The summed E-state index contributed by atoms with van der Waals surface area (Å²) in [6.07, 6.45) is 3.62. The minimum atomic E-state index is 0.373. The quantitative estimate of drug-likeness (QED) is 0.805. The van der Waals surface area contributed by atoms with Crippen LogP contribution >= 0.6 is 11.3 Å². The number of aromatic nitrogens is 2. The van der Waals surface area contributed by atoms with Gasteiger partial charge in [0.2, 0.25) is 0 Å². The molecule has 1 aromatic rings. The molecule has 102 valence electrons. The lowest BCUT2D eigenvalue weighted by atomic mass is 10.1. The Labute approximate surface area is 113 Å². The van der Waals surface area contributed by atoms with Crippen LogP contribution in [-0.4, -0.2) is 35.5 Å². The zero-order valence-electron chi connectivity index (χ0n) is 11.5. The fourth-order valence-corrected chi connectivity index (χ4v) is 3.13. The molecule has 1 aromatic heterocycles. The smallest absolute Gasteiger partial charge is 0.122 e. The predicted octanol–water partition coefficient (Wildman–Crippen LogP) is 2.36. The van der Waals surface area contributed by atoms with Crippen molar-refractivity contribution in [2.45, 2.75) is 58.1 Å². The second kappa shape index (κ2) is 6.59. The van der Waals surface area contributed by atoms with Crippen molar-refractivity contribution in [3.05, 3.63) is 10.0 Å². The van der Waals surface area contributed by atoms with Crippen molar-refractivity contribution in [3.63, 3.8) is 0 Å². The number of hydrogen-bond acceptors (Lipinski definition) is 5. The van der Waals surface area contributed by atoms with Gasteiger partial charge in [-0.2, -0.15) is 0 Å². The van der Waals surface area contributed by atoms with Crippen molar-refractivity contribution < 1.29 is 4.74 Å². The van der Waals surface area contributed by atoms with Gasteiger partial charge in [0.15, 0.2) is 0 Å². The van der Waals surface area contributed by atoms with E-state index >= 15 is 0 Å². The molecule has 0 spiro atoms. The van der Waals surface area contributed by atoms with Crippen LogP contribution in [0.4, 0.5) is 0 Å². The predicted molar refractivity (Wildman–Crippen MR) is 74.1 cm³/mol. The molecule has 0 radical (unpaired) electrons. The van der Waals surface area contributed by atoms with E-state index < -0.39 is 0 Å². The van der Waals surface area contributed by atoms with Gasteiger partial charge in [-0.05, 0) is 26.3 Å². The zero-order valence-corrected chi connectivity index (χ0v) is 12.3. The summed E-state index contributed by atoms with van der Waals surface area (Å²) in [5.74, 6) is 0.472. The van der Waals surface area contributed by atoms with Crippen molar-refractivity contribution in [1.82, 2.24) is 15.5 Å². The molecule has 1 fully saturated rings. The first-order valence-corrected chi connectivity index (χ1v) is 7.64. The highest BCUT2D eigenvalue weighted by Gasteiger charge is 2.26. The van der Waals surface area contributed by atoms with Gasteiger partial charge in [-0.1, -0.05) is 13.8 Å². The number of ether oxygens (including phenoxy) is 1. The highest BCUT2D eigenvalue weighted by molar-refractivity contribution is 7.11. The van der Waals surface area contributed by atoms with Gasteiger partial charge in [-0.15, -0.1) is 21.5 Å². The Morgan fingerprint density at radius 1 is 1.44 bits per heavy atom. The van der Waals surface area contributed by atoms with Crippen LogP contribution in [0.2, 0.25) is 0 Å². The number of aryl methyl sites for hydroxylation is 1. The van der Waals surface area contributed by atoms with Crippen LogP contribution in [-0.2, 0) is 11.2 Å². The lowest BCUT2D eigenvalue weighted by Crippen LogP contribution is -2.23. The van der Waals surface area contributed by atoms with E-state index in [4.69, 9.17) is 4.74 Å². The summed E-state index contributed by atoms with van der Waals surface area (Å²) in [6, 6.07) is 0.562. The number of nitrogens with one attached hydrogen (secondary N) is 1. The highest BCUT2D eigenvalue weighted by atomic mass is 32.1. The Balaban J connectivity index is 1.76. The summed E-state index contributed by atoms with van der Waals surface area (Å²) >= 11 is 1.76. The normalized spacial score (nSPS) is 24.0. The maximum absolute atomic E-state index is 5.58. The first kappa shape index (κ1) is 13.9. The number of rotatable bonds is 6. The first-order valence-electron chi connectivity index (χ1n) is 6.82. The molecule has 1 aliphatic heterocycles. The third-order valence-electron chi connectivity index (χ3n) is 3.15. The second-order valence-electron chi connectivity index (χ2n) is 5.32. The molecule has 2 atom stereocenters. The van der Waals surface area contributed by atoms with E-state index in [9.17, 15) is 0 Å². The molecule has 0 bridgehead atoms. The third kappa shape index (κ3) is 4.00. The number of nitrogens with zero attached hydrogens (tertiary/aromatic N) is 2. The lowest BCUT2D eigenvalue weighted by molar-refractivity contribution is 0.123. The summed E-state index contributed by atoms with van der Waals surface area (Å²) in [6.45, 7) is 8.33. The fourth-order valence-electron chi connectivity index (χ4n) is 2.15. The molecule has 2 unspecified atom stereocenters. The highest BCUT2D eigenvalue weighted by Crippen LogP contribution is 2.31. The zero-order chi connectivity index (χ0) is 13.0. The molecule has 1 aliphatic rings. The minimum Gasteiger partial charge on any atom is -0.378 e. The molecule has 4 nitrogen and oxygen atoms in total. The van der Waals surface area contributed by atoms with Crippen LogP contribution in [0.25, 0.3) is 0 Å². The fraction of sp³-hybridized carbons (Fsp3) is 0.846. The van der Waals surface area contributed by atoms with E-state index in [1.54, 1.807) is 11.3 Å². The molecule has 5 heteroatoms. The van der Waals surface area contributed by atoms with E-state index in [1.165, 1.54) is 0 Å². The molecule has 2 heterocycles. The van der Waals surface area contributed by atoms with Crippen molar-refractivity contribution in [1.29, 1.82) is 0 Å². The van der Waals surface area contributed by atoms with Gasteiger partial charge in [0, 0.05) is 18.4 Å². The molecule has 2 rings (SSSR count). The Morgan fingerprint density at radius 3 is 2.94 bits per heavy atom. The van der Waals surface area contributed by atoms with Gasteiger partial charge in [-0.25, -0.2) is 0 Å². The van der Waals surface area contributed by atoms with Crippen LogP contribution in [0, 0.1) is 0 Å². The van der Waals surface area contributed by atoms with Gasteiger partial charge in [0.05, 0.1) is 12.7 Å². The molecule has 1 N–H and O–H groups in total. The maximum Gasteiger partial charge on any atom is 0.122 e. The summed E-state index contributed by atoms with van der Waals surface area (Å²) in [7, 11) is 0. The topological polar surface area (TPSA) is 47.0 Å². The average Bonchev–Trinajstić information content (AvgIpc) is 2.93. The van der Waals surface area contributed by atoms with Crippen LogP contribution in [0.15, 0.2) is 0 Å². The molecule has 0 saturated carbocycles. The number of hydrogen-bond donors (Lipinski definition) is 1. The van der Waals surface area contributed by atoms with Crippen LogP contribution in [0.3, 0.4) is 0 Å². The summed E-state index contributed by atoms with van der Waals surface area (Å²) < 4.78 is 5.58. The third-order valence-corrected chi connectivity index (χ3v) is 4.30. The minimum absolute atomic E-state index is 0.373. The largest absolute Gasteiger partial charge is 0.378 e. The molecule has 18 heavy (non-hydrogen) atoms. The Morgan fingerprint density at radius 2 is 2.28 bits per heavy atom. The maximum atomic E-state index is 5.58. The Bertz CT molecular complexity index is 367. The van der Waals surface area contributed by atoms with Gasteiger partial charge in [-0.3, -0.25) is 0 Å².